The van der Waals surface area contributed by atoms with E-state index in [-0.39, 0.29) is 29.2 Å². The largest absolute Gasteiger partial charge is 0.497 e. The van der Waals surface area contributed by atoms with Crippen molar-refractivity contribution in [2.45, 2.75) is 19.4 Å². The summed E-state index contributed by atoms with van der Waals surface area (Å²) in [5.41, 5.74) is -0.337. The molecule has 7 nitrogen and oxygen atoms in total. The molecule has 0 unspecified atom stereocenters. The van der Waals surface area contributed by atoms with Gasteiger partial charge in [0.05, 0.1) is 31.2 Å². The van der Waals surface area contributed by atoms with E-state index in [0.29, 0.717) is 21.7 Å². The molecule has 9 heteroatoms. The monoisotopic (exact) mass is 463 g/mol. The third kappa shape index (κ3) is 5.37. The van der Waals surface area contributed by atoms with Crippen molar-refractivity contribution in [2.75, 3.05) is 13.7 Å². The average Bonchev–Trinajstić information content (AvgIpc) is 2.73. The van der Waals surface area contributed by atoms with Crippen LogP contribution in [0.25, 0.3) is 11.0 Å². The number of ether oxygens (including phenoxy) is 2. The van der Waals surface area contributed by atoms with Crippen LogP contribution < -0.4 is 15.7 Å². The highest BCUT2D eigenvalue weighted by molar-refractivity contribution is 6.38. The molecule has 0 spiro atoms. The molecule has 1 N–H and O–H groups in total. The first kappa shape index (κ1) is 22.7. The minimum Gasteiger partial charge on any atom is -0.497 e. The van der Waals surface area contributed by atoms with Gasteiger partial charge in [-0.3, -0.25) is 9.59 Å². The van der Waals surface area contributed by atoms with Gasteiger partial charge in [-0.1, -0.05) is 35.3 Å². The van der Waals surface area contributed by atoms with Crippen molar-refractivity contribution in [3.63, 3.8) is 0 Å². The molecular weight excluding hydrogens is 445 g/mol. The smallest absolute Gasteiger partial charge is 0.349 e. The average molecular weight is 464 g/mol. The first-order chi connectivity index (χ1) is 14.8. The molecular formula is C22H19Cl2NO6. The molecule has 0 bridgehead atoms. The first-order valence-corrected chi connectivity index (χ1v) is 10.1. The maximum absolute atomic E-state index is 12.9. The first-order valence-electron chi connectivity index (χ1n) is 9.35. The van der Waals surface area contributed by atoms with Crippen LogP contribution in [0.4, 0.5) is 0 Å². The molecule has 31 heavy (non-hydrogen) atoms. The second-order valence-electron chi connectivity index (χ2n) is 6.56. The third-order valence-electron chi connectivity index (χ3n) is 4.50. The fourth-order valence-corrected chi connectivity index (χ4v) is 3.57. The zero-order valence-electron chi connectivity index (χ0n) is 16.7. The molecule has 1 heterocycles. The van der Waals surface area contributed by atoms with Gasteiger partial charge in [-0.2, -0.15) is 0 Å². The summed E-state index contributed by atoms with van der Waals surface area (Å²) in [5.74, 6) is -0.585. The Hall–Kier alpha value is -3.03. The number of fused-ring (bicyclic) bond motifs is 1. The van der Waals surface area contributed by atoms with Crippen LogP contribution in [0.1, 0.15) is 35.3 Å². The van der Waals surface area contributed by atoms with Crippen LogP contribution in [0.15, 0.2) is 51.7 Å². The number of hydrogen-bond donors (Lipinski definition) is 1. The minimum absolute atomic E-state index is 0.123. The highest BCUT2D eigenvalue weighted by Gasteiger charge is 2.23. The maximum Gasteiger partial charge on any atom is 0.349 e. The van der Waals surface area contributed by atoms with Gasteiger partial charge in [-0.25, -0.2) is 4.79 Å². The molecule has 1 aromatic heterocycles. The second-order valence-corrected chi connectivity index (χ2v) is 7.41. The number of nitrogens with one attached hydrogen (secondary N) is 1. The number of esters is 1. The fraction of sp³-hybridized carbons (Fsp3) is 0.227. The van der Waals surface area contributed by atoms with Gasteiger partial charge >= 0.3 is 11.6 Å². The Bertz CT molecular complexity index is 1170. The zero-order chi connectivity index (χ0) is 22.5. The van der Waals surface area contributed by atoms with Gasteiger partial charge in [-0.05, 0) is 42.8 Å². The van der Waals surface area contributed by atoms with E-state index >= 15 is 0 Å². The number of hydrogen-bond acceptors (Lipinski definition) is 6. The van der Waals surface area contributed by atoms with Crippen LogP contribution in [-0.4, -0.2) is 25.6 Å². The van der Waals surface area contributed by atoms with Crippen molar-refractivity contribution < 1.29 is 23.5 Å². The second kappa shape index (κ2) is 9.85. The molecule has 1 amide bonds. The third-order valence-corrected chi connectivity index (χ3v) is 4.99. The van der Waals surface area contributed by atoms with Gasteiger partial charge in [0.1, 0.15) is 11.3 Å². The summed E-state index contributed by atoms with van der Waals surface area (Å²) < 4.78 is 15.4. The molecule has 0 fully saturated rings. The van der Waals surface area contributed by atoms with E-state index in [1.54, 1.807) is 31.2 Å². The Morgan fingerprint density at radius 1 is 1.13 bits per heavy atom. The summed E-state index contributed by atoms with van der Waals surface area (Å²) in [6.07, 6.45) is -0.123. The molecule has 0 aliphatic heterocycles. The van der Waals surface area contributed by atoms with Crippen LogP contribution in [-0.2, 0) is 9.53 Å². The number of amides is 1. The maximum atomic E-state index is 12.9. The molecule has 3 rings (SSSR count). The van der Waals surface area contributed by atoms with Gasteiger partial charge in [0.15, 0.2) is 5.58 Å². The van der Waals surface area contributed by atoms with E-state index in [2.05, 4.69) is 5.32 Å². The molecule has 0 radical (unpaired) electrons. The van der Waals surface area contributed by atoms with Gasteiger partial charge in [0.25, 0.3) is 5.91 Å². The molecule has 2 aromatic carbocycles. The Morgan fingerprint density at radius 2 is 1.84 bits per heavy atom. The zero-order valence-corrected chi connectivity index (χ0v) is 18.3. The summed E-state index contributed by atoms with van der Waals surface area (Å²) in [4.78, 5) is 37.4. The van der Waals surface area contributed by atoms with Crippen LogP contribution in [0.3, 0.4) is 0 Å². The van der Waals surface area contributed by atoms with E-state index in [4.69, 9.17) is 37.1 Å². The Morgan fingerprint density at radius 3 is 2.48 bits per heavy atom. The van der Waals surface area contributed by atoms with E-state index in [1.807, 2.05) is 0 Å². The SMILES string of the molecule is CCOC(=O)C[C@H](NC(=O)c1cc2cc(Cl)cc(Cl)c2oc1=O)c1ccc(OC)cc1. The molecule has 162 valence electrons. The lowest BCUT2D eigenvalue weighted by atomic mass is 10.0. The van der Waals surface area contributed by atoms with Crippen molar-refractivity contribution in [1.82, 2.24) is 5.32 Å². The summed E-state index contributed by atoms with van der Waals surface area (Å²) in [6, 6.07) is 10.4. The Kier molecular flexibility index (Phi) is 7.20. The molecule has 3 aromatic rings. The fourth-order valence-electron chi connectivity index (χ4n) is 3.03. The van der Waals surface area contributed by atoms with E-state index in [9.17, 15) is 14.4 Å². The van der Waals surface area contributed by atoms with Crippen LogP contribution in [0.5, 0.6) is 5.75 Å². The van der Waals surface area contributed by atoms with Crippen LogP contribution in [0, 0.1) is 0 Å². The molecule has 0 saturated carbocycles. The standard InChI is InChI=1S/C22H19Cl2NO6/c1-3-30-19(26)11-18(12-4-6-15(29-2)7-5-12)25-21(27)16-9-13-8-14(23)10-17(24)20(13)31-22(16)28/h4-10,18H,3,11H2,1-2H3,(H,25,27)/t18-/m0/s1. The quantitative estimate of drug-likeness (QED) is 0.408. The summed E-state index contributed by atoms with van der Waals surface area (Å²) >= 11 is 12.1. The molecule has 0 aliphatic carbocycles. The predicted molar refractivity (Wildman–Crippen MR) is 117 cm³/mol. The minimum atomic E-state index is -0.862. The van der Waals surface area contributed by atoms with Crippen molar-refractivity contribution in [2.24, 2.45) is 0 Å². The summed E-state index contributed by atoms with van der Waals surface area (Å²) in [7, 11) is 1.53. The van der Waals surface area contributed by atoms with Crippen LogP contribution >= 0.6 is 23.2 Å². The summed E-state index contributed by atoms with van der Waals surface area (Å²) in [5, 5.41) is 3.59. The summed E-state index contributed by atoms with van der Waals surface area (Å²) in [6.45, 7) is 1.90. The number of carbonyl (C=O) groups is 2. The highest BCUT2D eigenvalue weighted by Crippen LogP contribution is 2.28. The van der Waals surface area contributed by atoms with Crippen molar-refractivity contribution >= 4 is 46.0 Å². The number of methoxy groups -OCH3 is 1. The normalized spacial score (nSPS) is 11.7. The number of halogens is 2. The predicted octanol–water partition coefficient (Wildman–Crippen LogP) is 4.53. The highest BCUT2D eigenvalue weighted by atomic mass is 35.5. The lowest BCUT2D eigenvalue weighted by molar-refractivity contribution is -0.143. The molecule has 1 atom stereocenters. The lowest BCUT2D eigenvalue weighted by Gasteiger charge is -2.19. The van der Waals surface area contributed by atoms with E-state index < -0.39 is 23.5 Å². The number of carbonyl (C=O) groups excluding carboxylic acids is 2. The Labute approximate surface area is 187 Å². The number of benzene rings is 2. The van der Waals surface area contributed by atoms with Crippen LogP contribution in [0.2, 0.25) is 10.0 Å². The Balaban J connectivity index is 1.94. The lowest BCUT2D eigenvalue weighted by Crippen LogP contribution is -2.33. The van der Waals surface area contributed by atoms with Gasteiger partial charge in [-0.15, -0.1) is 0 Å². The van der Waals surface area contributed by atoms with E-state index in [1.165, 1.54) is 25.3 Å². The topological polar surface area (TPSA) is 94.8 Å². The van der Waals surface area contributed by atoms with Gasteiger partial charge < -0.3 is 19.2 Å². The molecule has 0 aliphatic rings. The van der Waals surface area contributed by atoms with E-state index in [0.717, 1.165) is 0 Å². The van der Waals surface area contributed by atoms with Crippen molar-refractivity contribution in [3.8, 4) is 5.75 Å². The van der Waals surface area contributed by atoms with Gasteiger partial charge in [0.2, 0.25) is 0 Å². The molecule has 0 saturated heterocycles. The van der Waals surface area contributed by atoms with Gasteiger partial charge in [0, 0.05) is 10.4 Å². The van der Waals surface area contributed by atoms with Crippen molar-refractivity contribution in [1.29, 1.82) is 0 Å². The number of rotatable bonds is 7. The van der Waals surface area contributed by atoms with Crippen molar-refractivity contribution in [3.05, 3.63) is 74.1 Å².